The van der Waals surface area contributed by atoms with Crippen LogP contribution in [0, 0.1) is 0 Å². The molecule has 0 spiro atoms. The maximum absolute atomic E-state index is 13.1. The van der Waals surface area contributed by atoms with Crippen LogP contribution in [-0.4, -0.2) is 60.7 Å². The Kier molecular flexibility index (Phi) is 9.45. The molecule has 0 aromatic carbocycles. The molecule has 1 atom stereocenters. The molecular weight excluding hydrogens is 356 g/mol. The van der Waals surface area contributed by atoms with Gasteiger partial charge in [-0.25, -0.2) is 0 Å². The van der Waals surface area contributed by atoms with Gasteiger partial charge in [-0.05, 0) is 12.1 Å². The van der Waals surface area contributed by atoms with E-state index in [9.17, 15) is 18.0 Å². The second-order valence-electron chi connectivity index (χ2n) is 4.79. The predicted molar refractivity (Wildman–Crippen MR) is 85.4 cm³/mol. The van der Waals surface area contributed by atoms with Crippen LogP contribution in [0.2, 0.25) is 0 Å². The van der Waals surface area contributed by atoms with Gasteiger partial charge in [0.1, 0.15) is 6.04 Å². The lowest BCUT2D eigenvalue weighted by Gasteiger charge is -2.35. The number of aromatic nitrogens is 1. The van der Waals surface area contributed by atoms with Crippen molar-refractivity contribution in [1.29, 1.82) is 0 Å². The molecule has 1 aliphatic heterocycles. The van der Waals surface area contributed by atoms with Crippen LogP contribution in [0.25, 0.3) is 0 Å². The van der Waals surface area contributed by atoms with Gasteiger partial charge in [0.05, 0.1) is 0 Å². The highest BCUT2D eigenvalue weighted by atomic mass is 35.5. The summed E-state index contributed by atoms with van der Waals surface area (Å²) in [5, 5.41) is 5.36. The lowest BCUT2D eigenvalue weighted by molar-refractivity contribution is -0.183. The topological polar surface area (TPSA) is 57.3 Å². The minimum Gasteiger partial charge on any atom is -0.350 e. The van der Waals surface area contributed by atoms with Crippen LogP contribution in [-0.2, 0) is 0 Å². The lowest BCUT2D eigenvalue weighted by atomic mass is 10.2. The van der Waals surface area contributed by atoms with Gasteiger partial charge in [0.25, 0.3) is 5.91 Å². The highest BCUT2D eigenvalue weighted by Crippen LogP contribution is 2.24. The van der Waals surface area contributed by atoms with Crippen molar-refractivity contribution in [2.24, 2.45) is 0 Å². The highest BCUT2D eigenvalue weighted by Gasteiger charge is 2.43. The molecule has 5 nitrogen and oxygen atoms in total. The van der Waals surface area contributed by atoms with Crippen molar-refractivity contribution in [3.63, 3.8) is 0 Å². The number of carbonyl (C=O) groups excluding carboxylic acids is 1. The molecule has 2 rings (SSSR count). The van der Waals surface area contributed by atoms with E-state index in [1.165, 1.54) is 29.4 Å². The van der Waals surface area contributed by atoms with Gasteiger partial charge in [0, 0.05) is 50.7 Å². The van der Waals surface area contributed by atoms with Crippen molar-refractivity contribution in [2.45, 2.75) is 12.2 Å². The molecule has 10 heteroatoms. The molecule has 23 heavy (non-hydrogen) atoms. The Morgan fingerprint density at radius 1 is 1.26 bits per heavy atom. The standard InChI is InChI=1S/C13H17F3N4O.2ClH/c14-13(15,16)11(20-7-5-18-6-8-20)9-19-12(21)10-1-3-17-4-2-10;;/h1-4,11,18H,5-9H2,(H,19,21);2*1H. The van der Waals surface area contributed by atoms with E-state index in [-0.39, 0.29) is 24.8 Å². The number of amides is 1. The fraction of sp³-hybridized carbons (Fsp3) is 0.538. The number of nitrogens with zero attached hydrogens (tertiary/aromatic N) is 2. The molecule has 1 fully saturated rings. The summed E-state index contributed by atoms with van der Waals surface area (Å²) in [6.45, 7) is 1.21. The van der Waals surface area contributed by atoms with E-state index in [1.807, 2.05) is 0 Å². The van der Waals surface area contributed by atoms with Crippen molar-refractivity contribution < 1.29 is 18.0 Å². The van der Waals surface area contributed by atoms with Gasteiger partial charge in [-0.15, -0.1) is 24.8 Å². The maximum atomic E-state index is 13.1. The average Bonchev–Trinajstić information content (AvgIpc) is 2.48. The fourth-order valence-electron chi connectivity index (χ4n) is 2.24. The third-order valence-electron chi connectivity index (χ3n) is 3.37. The van der Waals surface area contributed by atoms with E-state index < -0.39 is 24.7 Å². The van der Waals surface area contributed by atoms with Crippen molar-refractivity contribution in [3.8, 4) is 0 Å². The number of halogens is 5. The van der Waals surface area contributed by atoms with Crippen LogP contribution < -0.4 is 10.6 Å². The van der Waals surface area contributed by atoms with Crippen LogP contribution in [0.5, 0.6) is 0 Å². The average molecular weight is 375 g/mol. The molecule has 1 amide bonds. The summed E-state index contributed by atoms with van der Waals surface area (Å²) < 4.78 is 39.4. The molecule has 2 N–H and O–H groups in total. The van der Waals surface area contributed by atoms with E-state index in [0.29, 0.717) is 31.7 Å². The van der Waals surface area contributed by atoms with Crippen molar-refractivity contribution >= 4 is 30.7 Å². The van der Waals surface area contributed by atoms with Crippen LogP contribution in [0.1, 0.15) is 10.4 Å². The quantitative estimate of drug-likeness (QED) is 0.838. The van der Waals surface area contributed by atoms with Crippen LogP contribution >= 0.6 is 24.8 Å². The fourth-order valence-corrected chi connectivity index (χ4v) is 2.24. The highest BCUT2D eigenvalue weighted by molar-refractivity contribution is 5.93. The number of hydrogen-bond acceptors (Lipinski definition) is 4. The number of nitrogens with one attached hydrogen (secondary N) is 2. The van der Waals surface area contributed by atoms with Crippen LogP contribution in [0.4, 0.5) is 13.2 Å². The van der Waals surface area contributed by atoms with E-state index in [2.05, 4.69) is 15.6 Å². The first-order chi connectivity index (χ1) is 9.98. The normalized spacial score (nSPS) is 16.7. The Labute approximate surface area is 144 Å². The van der Waals surface area contributed by atoms with E-state index >= 15 is 0 Å². The van der Waals surface area contributed by atoms with Gasteiger partial charge < -0.3 is 10.6 Å². The molecule has 0 bridgehead atoms. The number of rotatable bonds is 4. The smallest absolute Gasteiger partial charge is 0.350 e. The molecule has 2 heterocycles. The Balaban J connectivity index is 0.00000242. The zero-order valence-corrected chi connectivity index (χ0v) is 13.8. The molecule has 1 saturated heterocycles. The van der Waals surface area contributed by atoms with Crippen molar-refractivity contribution in [3.05, 3.63) is 30.1 Å². The Bertz CT molecular complexity index is 470. The lowest BCUT2D eigenvalue weighted by Crippen LogP contribution is -2.57. The zero-order valence-electron chi connectivity index (χ0n) is 12.2. The molecule has 132 valence electrons. The van der Waals surface area contributed by atoms with Gasteiger partial charge in [-0.1, -0.05) is 0 Å². The summed E-state index contributed by atoms with van der Waals surface area (Å²) in [5.74, 6) is -0.526. The van der Waals surface area contributed by atoms with Crippen LogP contribution in [0.15, 0.2) is 24.5 Å². The number of pyridine rings is 1. The zero-order chi connectivity index (χ0) is 15.3. The molecular formula is C13H19Cl2F3N4O. The molecule has 0 radical (unpaired) electrons. The predicted octanol–water partition coefficient (Wildman–Crippen LogP) is 1.49. The van der Waals surface area contributed by atoms with Gasteiger partial charge >= 0.3 is 6.18 Å². The number of alkyl halides is 3. The van der Waals surface area contributed by atoms with E-state index in [4.69, 9.17) is 0 Å². The number of carbonyl (C=O) groups is 1. The van der Waals surface area contributed by atoms with Gasteiger partial charge in [0.2, 0.25) is 0 Å². The van der Waals surface area contributed by atoms with Gasteiger partial charge in [-0.2, -0.15) is 13.2 Å². The first-order valence-corrected chi connectivity index (χ1v) is 6.68. The minimum absolute atomic E-state index is 0. The number of piperazine rings is 1. The maximum Gasteiger partial charge on any atom is 0.405 e. The molecule has 1 aliphatic rings. The summed E-state index contributed by atoms with van der Waals surface area (Å²) in [7, 11) is 0. The van der Waals surface area contributed by atoms with E-state index in [1.54, 1.807) is 0 Å². The first kappa shape index (κ1) is 21.9. The summed E-state index contributed by atoms with van der Waals surface area (Å²) in [5.41, 5.74) is 0.297. The Hall–Kier alpha value is -1.09. The second kappa shape index (κ2) is 9.92. The summed E-state index contributed by atoms with van der Waals surface area (Å²) in [6, 6.07) is 1.26. The molecule has 1 unspecified atom stereocenters. The van der Waals surface area contributed by atoms with Crippen LogP contribution in [0.3, 0.4) is 0 Å². The summed E-state index contributed by atoms with van der Waals surface area (Å²) >= 11 is 0. The minimum atomic E-state index is -4.37. The SMILES string of the molecule is Cl.Cl.O=C(NCC(N1CCNCC1)C(F)(F)F)c1ccncc1. The van der Waals surface area contributed by atoms with Gasteiger partial charge in [-0.3, -0.25) is 14.7 Å². The van der Waals surface area contributed by atoms with Crippen molar-refractivity contribution in [2.75, 3.05) is 32.7 Å². The second-order valence-corrected chi connectivity index (χ2v) is 4.79. The largest absolute Gasteiger partial charge is 0.405 e. The van der Waals surface area contributed by atoms with E-state index in [0.717, 1.165) is 0 Å². The molecule has 0 aliphatic carbocycles. The Morgan fingerprint density at radius 2 is 1.83 bits per heavy atom. The molecule has 1 aromatic heterocycles. The molecule has 1 aromatic rings. The first-order valence-electron chi connectivity index (χ1n) is 6.68. The third-order valence-corrected chi connectivity index (χ3v) is 3.37. The van der Waals surface area contributed by atoms with Gasteiger partial charge in [0.15, 0.2) is 0 Å². The van der Waals surface area contributed by atoms with Crippen molar-refractivity contribution in [1.82, 2.24) is 20.5 Å². The summed E-state index contributed by atoms with van der Waals surface area (Å²) in [4.78, 5) is 16.9. The molecule has 0 saturated carbocycles. The monoisotopic (exact) mass is 374 g/mol. The summed E-state index contributed by atoms with van der Waals surface area (Å²) in [6.07, 6.45) is -1.53. The Morgan fingerprint density at radius 3 is 2.35 bits per heavy atom. The third kappa shape index (κ3) is 6.50. The number of hydrogen-bond donors (Lipinski definition) is 2.